The van der Waals surface area contributed by atoms with Crippen LogP contribution in [0, 0.1) is 6.92 Å². The minimum Gasteiger partial charge on any atom is -0.349 e. The molecule has 2 aliphatic heterocycles. The maximum absolute atomic E-state index is 12.1. The van der Waals surface area contributed by atoms with E-state index in [-0.39, 0.29) is 5.91 Å². The fourth-order valence-corrected chi connectivity index (χ4v) is 3.12. The fourth-order valence-electron chi connectivity index (χ4n) is 3.12. The highest BCUT2D eigenvalue weighted by atomic mass is 16.1. The van der Waals surface area contributed by atoms with Gasteiger partial charge in [0, 0.05) is 30.5 Å². The molecule has 0 aliphatic carbocycles. The quantitative estimate of drug-likeness (QED) is 0.828. The summed E-state index contributed by atoms with van der Waals surface area (Å²) in [4.78, 5) is 16.2. The van der Waals surface area contributed by atoms with E-state index in [1.807, 2.05) is 13.0 Å². The van der Waals surface area contributed by atoms with Crippen LogP contribution in [0.1, 0.15) is 41.6 Å². The van der Waals surface area contributed by atoms with E-state index in [4.69, 9.17) is 0 Å². The number of nitrogens with one attached hydrogen (secondary N) is 2. The summed E-state index contributed by atoms with van der Waals surface area (Å²) in [7, 11) is 0. The molecule has 2 N–H and O–H groups in total. The first-order chi connectivity index (χ1) is 8.70. The number of aryl methyl sites for hydroxylation is 1. The van der Waals surface area contributed by atoms with Crippen molar-refractivity contribution in [3.05, 3.63) is 29.6 Å². The molecule has 96 valence electrons. The van der Waals surface area contributed by atoms with Crippen molar-refractivity contribution in [3.63, 3.8) is 0 Å². The molecule has 0 saturated carbocycles. The number of amides is 1. The number of piperidine rings is 1. The zero-order valence-corrected chi connectivity index (χ0v) is 10.6. The Balaban J connectivity index is 1.64. The molecular weight excluding hydrogens is 226 g/mol. The summed E-state index contributed by atoms with van der Waals surface area (Å²) in [5.74, 6) is 0.0116. The third-order valence-electron chi connectivity index (χ3n) is 3.95. The van der Waals surface area contributed by atoms with Crippen LogP contribution in [0.4, 0.5) is 0 Å². The molecule has 1 aromatic rings. The Morgan fingerprint density at radius 2 is 2.06 bits per heavy atom. The number of carbonyl (C=O) groups excluding carboxylic acids is 1. The second-order valence-corrected chi connectivity index (χ2v) is 5.53. The van der Waals surface area contributed by atoms with Gasteiger partial charge in [0.1, 0.15) is 0 Å². The molecule has 2 atom stereocenters. The van der Waals surface area contributed by atoms with Crippen LogP contribution in [-0.4, -0.2) is 29.0 Å². The molecule has 2 aliphatic rings. The van der Waals surface area contributed by atoms with E-state index in [0.717, 1.165) is 18.4 Å². The van der Waals surface area contributed by atoms with Crippen molar-refractivity contribution in [2.75, 3.05) is 0 Å². The zero-order chi connectivity index (χ0) is 12.5. The zero-order valence-electron chi connectivity index (χ0n) is 10.6. The van der Waals surface area contributed by atoms with Crippen molar-refractivity contribution in [3.8, 4) is 0 Å². The van der Waals surface area contributed by atoms with Crippen LogP contribution >= 0.6 is 0 Å². The van der Waals surface area contributed by atoms with E-state index >= 15 is 0 Å². The predicted molar refractivity (Wildman–Crippen MR) is 69.4 cm³/mol. The summed E-state index contributed by atoms with van der Waals surface area (Å²) < 4.78 is 0. The van der Waals surface area contributed by atoms with E-state index in [0.29, 0.717) is 23.7 Å². The highest BCUT2D eigenvalue weighted by molar-refractivity contribution is 5.94. The second kappa shape index (κ2) is 4.69. The molecule has 4 heteroatoms. The van der Waals surface area contributed by atoms with Crippen LogP contribution < -0.4 is 10.6 Å². The van der Waals surface area contributed by atoms with Crippen molar-refractivity contribution in [2.24, 2.45) is 0 Å². The third-order valence-corrected chi connectivity index (χ3v) is 3.95. The van der Waals surface area contributed by atoms with E-state index in [1.54, 1.807) is 12.4 Å². The number of carbonyl (C=O) groups is 1. The van der Waals surface area contributed by atoms with Crippen LogP contribution in [0.3, 0.4) is 0 Å². The first-order valence-electron chi connectivity index (χ1n) is 6.69. The lowest BCUT2D eigenvalue weighted by molar-refractivity contribution is 0.0923. The number of aromatic nitrogens is 1. The highest BCUT2D eigenvalue weighted by Gasteiger charge is 2.34. The van der Waals surface area contributed by atoms with Crippen LogP contribution in [0.2, 0.25) is 0 Å². The van der Waals surface area contributed by atoms with Crippen molar-refractivity contribution < 1.29 is 4.79 Å². The molecule has 1 aromatic heterocycles. The number of hydrogen-bond donors (Lipinski definition) is 2. The van der Waals surface area contributed by atoms with Gasteiger partial charge in [-0.25, -0.2) is 0 Å². The monoisotopic (exact) mass is 245 g/mol. The van der Waals surface area contributed by atoms with E-state index in [9.17, 15) is 4.79 Å². The van der Waals surface area contributed by atoms with Gasteiger partial charge >= 0.3 is 0 Å². The molecule has 1 amide bonds. The molecule has 2 unspecified atom stereocenters. The predicted octanol–water partition coefficient (Wildman–Crippen LogP) is 1.40. The van der Waals surface area contributed by atoms with Crippen molar-refractivity contribution >= 4 is 5.91 Å². The Morgan fingerprint density at radius 1 is 1.33 bits per heavy atom. The summed E-state index contributed by atoms with van der Waals surface area (Å²) in [6, 6.07) is 3.41. The number of fused-ring (bicyclic) bond motifs is 2. The second-order valence-electron chi connectivity index (χ2n) is 5.53. The lowest BCUT2D eigenvalue weighted by Crippen LogP contribution is -2.48. The minimum absolute atomic E-state index is 0.0116. The average molecular weight is 245 g/mol. The number of rotatable bonds is 2. The molecule has 2 fully saturated rings. The topological polar surface area (TPSA) is 54.0 Å². The summed E-state index contributed by atoms with van der Waals surface area (Å²) in [5.41, 5.74) is 1.69. The lowest BCUT2D eigenvalue weighted by Gasteiger charge is -2.29. The van der Waals surface area contributed by atoms with Crippen molar-refractivity contribution in [1.82, 2.24) is 15.6 Å². The van der Waals surface area contributed by atoms with E-state index in [1.165, 1.54) is 12.8 Å². The van der Waals surface area contributed by atoms with Crippen LogP contribution in [-0.2, 0) is 0 Å². The Hall–Kier alpha value is -1.42. The molecule has 18 heavy (non-hydrogen) atoms. The van der Waals surface area contributed by atoms with Crippen molar-refractivity contribution in [1.29, 1.82) is 0 Å². The van der Waals surface area contributed by atoms with Gasteiger partial charge in [-0.2, -0.15) is 0 Å². The molecule has 4 nitrogen and oxygen atoms in total. The number of nitrogens with zero attached hydrogens (tertiary/aromatic N) is 1. The van der Waals surface area contributed by atoms with Gasteiger partial charge in [-0.3, -0.25) is 9.78 Å². The Kier molecular flexibility index (Phi) is 3.04. The first kappa shape index (κ1) is 11.7. The van der Waals surface area contributed by atoms with Gasteiger partial charge < -0.3 is 10.6 Å². The molecule has 2 bridgehead atoms. The first-order valence-corrected chi connectivity index (χ1v) is 6.69. The summed E-state index contributed by atoms with van der Waals surface area (Å²) in [5, 5.41) is 6.72. The number of pyridine rings is 1. The molecule has 0 spiro atoms. The third kappa shape index (κ3) is 2.38. The fraction of sp³-hybridized carbons (Fsp3) is 0.571. The molecule has 2 saturated heterocycles. The largest absolute Gasteiger partial charge is 0.349 e. The summed E-state index contributed by atoms with van der Waals surface area (Å²) in [6.07, 6.45) is 8.02. The van der Waals surface area contributed by atoms with Gasteiger partial charge in [0.15, 0.2) is 0 Å². The van der Waals surface area contributed by atoms with E-state index in [2.05, 4.69) is 15.6 Å². The van der Waals surface area contributed by atoms with Crippen molar-refractivity contribution in [2.45, 2.75) is 50.7 Å². The Morgan fingerprint density at radius 3 is 2.72 bits per heavy atom. The molecule has 0 aromatic carbocycles. The van der Waals surface area contributed by atoms with E-state index < -0.39 is 0 Å². The van der Waals surface area contributed by atoms with Crippen LogP contribution in [0.15, 0.2) is 18.5 Å². The Bertz CT molecular complexity index is 448. The maximum atomic E-state index is 12.1. The van der Waals surface area contributed by atoms with Gasteiger partial charge in [-0.05, 0) is 44.2 Å². The van der Waals surface area contributed by atoms with Gasteiger partial charge in [0.25, 0.3) is 5.91 Å². The lowest BCUT2D eigenvalue weighted by atomic mass is 9.99. The van der Waals surface area contributed by atoms with Crippen LogP contribution in [0.5, 0.6) is 0 Å². The minimum atomic E-state index is 0.0116. The smallest absolute Gasteiger partial charge is 0.253 e. The Labute approximate surface area is 107 Å². The molecule has 3 heterocycles. The standard InChI is InChI=1S/C14H19N3O/c1-9-4-10(8-15-7-9)14(18)17-13-5-11-2-3-12(6-13)16-11/h4,7-8,11-13,16H,2-3,5-6H2,1H3,(H,17,18). The van der Waals surface area contributed by atoms with Gasteiger partial charge in [0.05, 0.1) is 5.56 Å². The normalized spacial score (nSPS) is 30.2. The highest BCUT2D eigenvalue weighted by Crippen LogP contribution is 2.26. The van der Waals surface area contributed by atoms with Crippen LogP contribution in [0.25, 0.3) is 0 Å². The van der Waals surface area contributed by atoms with Gasteiger partial charge in [-0.15, -0.1) is 0 Å². The number of hydrogen-bond acceptors (Lipinski definition) is 3. The molecule has 0 radical (unpaired) electrons. The average Bonchev–Trinajstić information content (AvgIpc) is 2.69. The molecule has 3 rings (SSSR count). The maximum Gasteiger partial charge on any atom is 0.253 e. The summed E-state index contributed by atoms with van der Waals surface area (Å²) >= 11 is 0. The van der Waals surface area contributed by atoms with Gasteiger partial charge in [0.2, 0.25) is 0 Å². The van der Waals surface area contributed by atoms with Gasteiger partial charge in [-0.1, -0.05) is 0 Å². The SMILES string of the molecule is Cc1cncc(C(=O)NC2CC3CCC(C2)N3)c1. The molecular formula is C14H19N3O. The summed E-state index contributed by atoms with van der Waals surface area (Å²) in [6.45, 7) is 1.95.